The Balaban J connectivity index is 2.71. The number of Topliss-reactive ketones (excluding diaryl/α,β-unsaturated/α-hetero) is 1. The Morgan fingerprint density at radius 1 is 1.50 bits per heavy atom. The maximum absolute atomic E-state index is 12.5. The zero-order valence-corrected chi connectivity index (χ0v) is 12.6. The molecule has 0 aromatic carbocycles. The molecule has 0 aliphatic heterocycles. The summed E-state index contributed by atoms with van der Waals surface area (Å²) in [7, 11) is 2.81. The first-order valence-corrected chi connectivity index (χ1v) is 6.57. The molecule has 0 radical (unpaired) electrons. The second-order valence-electron chi connectivity index (χ2n) is 4.28. The summed E-state index contributed by atoms with van der Waals surface area (Å²) in [6.07, 6.45) is 6.35. The highest BCUT2D eigenvalue weighted by atomic mass is 35.5. The van der Waals surface area contributed by atoms with Crippen LogP contribution in [0.2, 0.25) is 0 Å². The Bertz CT molecular complexity index is 564. The fourth-order valence-electron chi connectivity index (χ4n) is 2.46. The third kappa shape index (κ3) is 1.78. The number of ketones is 1. The van der Waals surface area contributed by atoms with Crippen LogP contribution in [0.4, 0.5) is 0 Å². The van der Waals surface area contributed by atoms with Crippen molar-refractivity contribution in [2.45, 2.75) is 17.1 Å². The lowest BCUT2D eigenvalue weighted by molar-refractivity contribution is -0.185. The Kier molecular flexibility index (Phi) is 4.07. The maximum Gasteiger partial charge on any atom is 0.239 e. The van der Waals surface area contributed by atoms with Crippen molar-refractivity contribution in [3.05, 3.63) is 36.4 Å². The highest BCUT2D eigenvalue weighted by molar-refractivity contribution is 6.55. The monoisotopic (exact) mass is 316 g/mol. The zero-order chi connectivity index (χ0) is 15.0. The van der Waals surface area contributed by atoms with Gasteiger partial charge >= 0.3 is 0 Å². The van der Waals surface area contributed by atoms with E-state index in [1.165, 1.54) is 26.6 Å². The van der Waals surface area contributed by atoms with Crippen LogP contribution in [0.1, 0.15) is 6.42 Å². The molecule has 5 nitrogen and oxygen atoms in total. The third-order valence-corrected chi connectivity index (χ3v) is 4.29. The number of halogens is 2. The van der Waals surface area contributed by atoms with Crippen LogP contribution in [-0.4, -0.2) is 40.2 Å². The average molecular weight is 317 g/mol. The second-order valence-corrected chi connectivity index (χ2v) is 5.30. The molecule has 108 valence electrons. The number of methoxy groups -OCH3 is 2. The van der Waals surface area contributed by atoms with Gasteiger partial charge in [-0.15, -0.1) is 18.2 Å². The lowest BCUT2D eigenvalue weighted by Gasteiger charge is -2.39. The fourth-order valence-corrected chi connectivity index (χ4v) is 3.34. The number of aromatic nitrogens is 2. The van der Waals surface area contributed by atoms with Crippen molar-refractivity contribution in [3.8, 4) is 0 Å². The van der Waals surface area contributed by atoms with Gasteiger partial charge in [0.15, 0.2) is 4.87 Å². The Labute approximate surface area is 126 Å². The van der Waals surface area contributed by atoms with E-state index in [9.17, 15) is 4.79 Å². The Morgan fingerprint density at radius 2 is 2.15 bits per heavy atom. The second kappa shape index (κ2) is 5.33. The van der Waals surface area contributed by atoms with Gasteiger partial charge in [0.05, 0.1) is 6.33 Å². The molecule has 2 rings (SSSR count). The molecule has 1 heterocycles. The number of allylic oxidation sites excluding steroid dienone is 2. The van der Waals surface area contributed by atoms with E-state index in [-0.39, 0.29) is 11.5 Å². The number of rotatable bonds is 5. The van der Waals surface area contributed by atoms with E-state index in [0.29, 0.717) is 5.70 Å². The van der Waals surface area contributed by atoms with Gasteiger partial charge in [-0.05, 0) is 6.42 Å². The minimum atomic E-state index is -1.52. The van der Waals surface area contributed by atoms with Crippen LogP contribution in [-0.2, 0) is 14.3 Å². The van der Waals surface area contributed by atoms with Gasteiger partial charge in [0.2, 0.25) is 11.6 Å². The number of carbonyl (C=O) groups is 1. The first kappa shape index (κ1) is 15.3. The number of hydrogen-bond donors (Lipinski definition) is 0. The molecular formula is C13H14Cl2N2O3. The molecule has 0 spiro atoms. The first-order valence-electron chi connectivity index (χ1n) is 5.82. The van der Waals surface area contributed by atoms with Crippen LogP contribution < -0.4 is 0 Å². The summed E-state index contributed by atoms with van der Waals surface area (Å²) in [6.45, 7) is 3.62. The van der Waals surface area contributed by atoms with Crippen LogP contribution in [0.5, 0.6) is 0 Å². The van der Waals surface area contributed by atoms with E-state index in [1.807, 2.05) is 0 Å². The van der Waals surface area contributed by atoms with Crippen molar-refractivity contribution in [2.75, 3.05) is 14.2 Å². The normalized spacial score (nSPS) is 25.3. The predicted molar refractivity (Wildman–Crippen MR) is 76.5 cm³/mol. The van der Waals surface area contributed by atoms with Crippen molar-refractivity contribution in [1.29, 1.82) is 0 Å². The Hall–Kier alpha value is -1.14. The summed E-state index contributed by atoms with van der Waals surface area (Å²) in [5, 5.41) is -0.0384. The van der Waals surface area contributed by atoms with Crippen LogP contribution in [0.3, 0.4) is 0 Å². The van der Waals surface area contributed by atoms with E-state index < -0.39 is 16.4 Å². The fraction of sp³-hybridized carbons (Fsp3) is 0.385. The van der Waals surface area contributed by atoms with Gasteiger partial charge in [-0.3, -0.25) is 4.79 Å². The molecule has 0 amide bonds. The summed E-state index contributed by atoms with van der Waals surface area (Å²) in [5.74, 6) is -1.98. The number of imidazole rings is 1. The summed E-state index contributed by atoms with van der Waals surface area (Å²) in [4.78, 5) is 14.9. The minimum absolute atomic E-state index is 0.0384. The van der Waals surface area contributed by atoms with Gasteiger partial charge in [0.25, 0.3) is 0 Å². The molecule has 1 aliphatic carbocycles. The van der Waals surface area contributed by atoms with E-state index in [4.69, 9.17) is 32.7 Å². The van der Waals surface area contributed by atoms with Gasteiger partial charge in [-0.1, -0.05) is 17.7 Å². The molecule has 0 fully saturated rings. The largest absolute Gasteiger partial charge is 0.346 e. The topological polar surface area (TPSA) is 53.4 Å². The lowest BCUT2D eigenvalue weighted by atomic mass is 9.93. The molecule has 0 N–H and O–H groups in total. The number of ether oxygens (including phenoxy) is 2. The van der Waals surface area contributed by atoms with Gasteiger partial charge in [0.1, 0.15) is 10.7 Å². The Morgan fingerprint density at radius 3 is 2.60 bits per heavy atom. The molecule has 20 heavy (non-hydrogen) atoms. The summed E-state index contributed by atoms with van der Waals surface area (Å²) >= 11 is 12.7. The highest BCUT2D eigenvalue weighted by Gasteiger charge is 2.66. The molecule has 0 bridgehead atoms. The van der Waals surface area contributed by atoms with Crippen molar-refractivity contribution in [2.24, 2.45) is 0 Å². The first-order chi connectivity index (χ1) is 9.48. The van der Waals surface area contributed by atoms with Crippen LogP contribution in [0.15, 0.2) is 36.4 Å². The quantitative estimate of drug-likeness (QED) is 0.475. The van der Waals surface area contributed by atoms with E-state index >= 15 is 0 Å². The van der Waals surface area contributed by atoms with Gasteiger partial charge in [0, 0.05) is 26.6 Å². The van der Waals surface area contributed by atoms with Gasteiger partial charge in [-0.2, -0.15) is 0 Å². The molecule has 0 saturated carbocycles. The van der Waals surface area contributed by atoms with Gasteiger partial charge < -0.3 is 14.0 Å². The highest BCUT2D eigenvalue weighted by Crippen LogP contribution is 2.53. The molecule has 1 aromatic rings. The van der Waals surface area contributed by atoms with Crippen LogP contribution in [0.25, 0.3) is 5.70 Å². The third-order valence-electron chi connectivity index (χ3n) is 3.36. The molecule has 1 aromatic heterocycles. The molecule has 1 aliphatic rings. The lowest BCUT2D eigenvalue weighted by Crippen LogP contribution is -2.54. The number of nitrogens with zero attached hydrogens (tertiary/aromatic N) is 2. The number of alkyl halides is 1. The molecule has 0 unspecified atom stereocenters. The van der Waals surface area contributed by atoms with E-state index in [0.717, 1.165) is 0 Å². The SMILES string of the molecule is C=CC[C@@]1(Cl)C(=O)C(Cl)=C(n2ccnc2)C1(OC)OC. The maximum atomic E-state index is 12.5. The molecule has 7 heteroatoms. The van der Waals surface area contributed by atoms with Crippen molar-refractivity contribution >= 4 is 34.7 Å². The van der Waals surface area contributed by atoms with Crippen molar-refractivity contribution in [3.63, 3.8) is 0 Å². The molecular weight excluding hydrogens is 303 g/mol. The van der Waals surface area contributed by atoms with Crippen LogP contribution in [0, 0.1) is 0 Å². The smallest absolute Gasteiger partial charge is 0.239 e. The molecule has 1 atom stereocenters. The summed E-state index contributed by atoms with van der Waals surface area (Å²) < 4.78 is 12.5. The average Bonchev–Trinajstić information content (AvgIpc) is 3.00. The standard InChI is InChI=1S/C13H14Cl2N2O3/c1-4-5-12(15)11(18)9(14)10(13(12,19-2)20-3)17-7-6-16-8-17/h4,6-8H,1,5H2,2-3H3/t12-/m1/s1. The van der Waals surface area contributed by atoms with Crippen LogP contribution >= 0.6 is 23.2 Å². The van der Waals surface area contributed by atoms with E-state index in [2.05, 4.69) is 11.6 Å². The van der Waals surface area contributed by atoms with Crippen molar-refractivity contribution in [1.82, 2.24) is 9.55 Å². The minimum Gasteiger partial charge on any atom is -0.346 e. The number of hydrogen-bond acceptors (Lipinski definition) is 4. The zero-order valence-electron chi connectivity index (χ0n) is 11.1. The molecule has 0 saturated heterocycles. The van der Waals surface area contributed by atoms with Gasteiger partial charge in [-0.25, -0.2) is 4.98 Å². The predicted octanol–water partition coefficient (Wildman–Crippen LogP) is 2.42. The summed E-state index contributed by atoms with van der Waals surface area (Å²) in [6, 6.07) is 0. The number of carbonyl (C=O) groups excluding carboxylic acids is 1. The van der Waals surface area contributed by atoms with Crippen molar-refractivity contribution < 1.29 is 14.3 Å². The summed E-state index contributed by atoms with van der Waals surface area (Å²) in [5.41, 5.74) is 0.309. The van der Waals surface area contributed by atoms with E-state index in [1.54, 1.807) is 17.0 Å².